The van der Waals surface area contributed by atoms with E-state index >= 15 is 0 Å². The molecule has 0 amide bonds. The van der Waals surface area contributed by atoms with Gasteiger partial charge in [-0.2, -0.15) is 0 Å². The first kappa shape index (κ1) is 8.66. The minimum Gasteiger partial charge on any atom is -0.294 e. The van der Waals surface area contributed by atoms with Crippen molar-refractivity contribution >= 4 is 0 Å². The average Bonchev–Trinajstić information content (AvgIpc) is 2.20. The molecule has 0 spiro atoms. The molecule has 0 aliphatic carbocycles. The van der Waals surface area contributed by atoms with Crippen LogP contribution in [0.5, 0.6) is 0 Å². The van der Waals surface area contributed by atoms with Gasteiger partial charge in [-0.15, -0.1) is 0 Å². The maximum atomic E-state index is 4.35. The molecule has 3 nitrogen and oxygen atoms in total. The summed E-state index contributed by atoms with van der Waals surface area (Å²) in [4.78, 5) is 4.35. The molecule has 0 aromatic carbocycles. The van der Waals surface area contributed by atoms with E-state index in [0.717, 1.165) is 18.8 Å². The Morgan fingerprint density at radius 3 is 2.69 bits per heavy atom. The zero-order valence-electron chi connectivity index (χ0n) is 7.88. The zero-order valence-corrected chi connectivity index (χ0v) is 7.88. The first-order valence-corrected chi connectivity index (χ1v) is 4.73. The van der Waals surface area contributed by atoms with Gasteiger partial charge in [-0.25, -0.2) is 0 Å². The Labute approximate surface area is 78.6 Å². The van der Waals surface area contributed by atoms with Gasteiger partial charge in [0.2, 0.25) is 0 Å². The molecule has 0 saturated carbocycles. The van der Waals surface area contributed by atoms with Gasteiger partial charge >= 0.3 is 0 Å². The normalized spacial score (nSPS) is 21.3. The smallest absolute Gasteiger partial charge is 0.109 e. The summed E-state index contributed by atoms with van der Waals surface area (Å²) >= 11 is 0. The SMILES string of the molecule is CC1(c2ccccn2)NCCCN1. The van der Waals surface area contributed by atoms with Gasteiger partial charge in [0.1, 0.15) is 5.66 Å². The Morgan fingerprint density at radius 2 is 2.08 bits per heavy atom. The van der Waals surface area contributed by atoms with Crippen molar-refractivity contribution in [3.8, 4) is 0 Å². The fourth-order valence-electron chi connectivity index (χ4n) is 1.67. The van der Waals surface area contributed by atoms with Crippen LogP contribution < -0.4 is 10.6 Å². The van der Waals surface area contributed by atoms with Crippen molar-refractivity contribution in [2.45, 2.75) is 19.0 Å². The molecule has 3 heteroatoms. The van der Waals surface area contributed by atoms with E-state index in [-0.39, 0.29) is 5.66 Å². The predicted octanol–water partition coefficient (Wildman–Crippen LogP) is 0.837. The van der Waals surface area contributed by atoms with Crippen LogP contribution in [-0.4, -0.2) is 18.1 Å². The number of nitrogens with zero attached hydrogens (tertiary/aromatic N) is 1. The maximum Gasteiger partial charge on any atom is 0.109 e. The Balaban J connectivity index is 2.23. The molecule has 2 heterocycles. The van der Waals surface area contributed by atoms with Gasteiger partial charge < -0.3 is 0 Å². The molecule has 0 atom stereocenters. The number of aromatic nitrogens is 1. The molecule has 2 N–H and O–H groups in total. The Morgan fingerprint density at radius 1 is 1.31 bits per heavy atom. The lowest BCUT2D eigenvalue weighted by Crippen LogP contribution is -2.56. The largest absolute Gasteiger partial charge is 0.294 e. The summed E-state index contributed by atoms with van der Waals surface area (Å²) in [6.45, 7) is 4.24. The predicted molar refractivity (Wildman–Crippen MR) is 52.2 cm³/mol. The van der Waals surface area contributed by atoms with Crippen molar-refractivity contribution < 1.29 is 0 Å². The highest BCUT2D eigenvalue weighted by molar-refractivity contribution is 5.14. The highest BCUT2D eigenvalue weighted by Gasteiger charge is 2.28. The second kappa shape index (κ2) is 3.44. The van der Waals surface area contributed by atoms with E-state index in [2.05, 4.69) is 22.5 Å². The summed E-state index contributed by atoms with van der Waals surface area (Å²) in [7, 11) is 0. The van der Waals surface area contributed by atoms with Crippen LogP contribution in [0.1, 0.15) is 19.0 Å². The molecule has 1 fully saturated rings. The third-order valence-corrected chi connectivity index (χ3v) is 2.49. The van der Waals surface area contributed by atoms with Crippen LogP contribution in [0.3, 0.4) is 0 Å². The highest BCUT2D eigenvalue weighted by atomic mass is 15.2. The standard InChI is InChI=1S/C10H15N3/c1-10(12-7-4-8-13-10)9-5-2-3-6-11-9/h2-3,5-6,12-13H,4,7-8H2,1H3. The van der Waals surface area contributed by atoms with Gasteiger partial charge in [0.25, 0.3) is 0 Å². The number of pyridine rings is 1. The Bertz CT molecular complexity index is 265. The fraction of sp³-hybridized carbons (Fsp3) is 0.500. The van der Waals surface area contributed by atoms with Crippen LogP contribution in [0.2, 0.25) is 0 Å². The third-order valence-electron chi connectivity index (χ3n) is 2.49. The molecule has 2 rings (SSSR count). The zero-order chi connectivity index (χ0) is 9.15. The van der Waals surface area contributed by atoms with Crippen molar-refractivity contribution in [3.63, 3.8) is 0 Å². The van der Waals surface area contributed by atoms with E-state index in [0.29, 0.717) is 0 Å². The lowest BCUT2D eigenvalue weighted by molar-refractivity contribution is 0.241. The van der Waals surface area contributed by atoms with Crippen LogP contribution in [0.4, 0.5) is 0 Å². The van der Waals surface area contributed by atoms with Crippen LogP contribution >= 0.6 is 0 Å². The highest BCUT2D eigenvalue weighted by Crippen LogP contribution is 2.16. The molecule has 13 heavy (non-hydrogen) atoms. The first-order chi connectivity index (χ1) is 6.31. The molecule has 1 aliphatic rings. The Hall–Kier alpha value is -0.930. The molecule has 1 aliphatic heterocycles. The summed E-state index contributed by atoms with van der Waals surface area (Å²) < 4.78 is 0. The van der Waals surface area contributed by atoms with Gasteiger partial charge in [-0.05, 0) is 38.6 Å². The molecule has 70 valence electrons. The molecule has 1 aromatic rings. The van der Waals surface area contributed by atoms with E-state index in [1.165, 1.54) is 6.42 Å². The average molecular weight is 177 g/mol. The molecular formula is C10H15N3. The molecule has 1 saturated heterocycles. The number of hydrogen-bond acceptors (Lipinski definition) is 3. The van der Waals surface area contributed by atoms with Crippen molar-refractivity contribution in [1.29, 1.82) is 0 Å². The van der Waals surface area contributed by atoms with E-state index < -0.39 is 0 Å². The van der Waals surface area contributed by atoms with Crippen LogP contribution in [-0.2, 0) is 5.66 Å². The van der Waals surface area contributed by atoms with Crippen LogP contribution in [0, 0.1) is 0 Å². The van der Waals surface area contributed by atoms with E-state index in [1.807, 2.05) is 24.4 Å². The number of rotatable bonds is 1. The van der Waals surface area contributed by atoms with Crippen molar-refractivity contribution in [2.24, 2.45) is 0 Å². The fourth-order valence-corrected chi connectivity index (χ4v) is 1.67. The van der Waals surface area contributed by atoms with Crippen molar-refractivity contribution in [2.75, 3.05) is 13.1 Å². The Kier molecular flexibility index (Phi) is 2.29. The summed E-state index contributed by atoms with van der Waals surface area (Å²) in [6, 6.07) is 6.01. The van der Waals surface area contributed by atoms with E-state index in [9.17, 15) is 0 Å². The van der Waals surface area contributed by atoms with Gasteiger partial charge in [-0.3, -0.25) is 15.6 Å². The number of nitrogens with one attached hydrogen (secondary N) is 2. The van der Waals surface area contributed by atoms with Crippen LogP contribution in [0.25, 0.3) is 0 Å². The lowest BCUT2D eigenvalue weighted by Gasteiger charge is -2.35. The maximum absolute atomic E-state index is 4.35. The molecule has 1 aromatic heterocycles. The molecule has 0 unspecified atom stereocenters. The number of hydrogen-bond donors (Lipinski definition) is 2. The quantitative estimate of drug-likeness (QED) is 0.667. The van der Waals surface area contributed by atoms with Gasteiger partial charge in [0.05, 0.1) is 5.69 Å². The summed E-state index contributed by atoms with van der Waals surface area (Å²) in [5, 5.41) is 6.88. The van der Waals surface area contributed by atoms with Gasteiger partial charge in [0, 0.05) is 6.20 Å². The van der Waals surface area contributed by atoms with Crippen LogP contribution in [0.15, 0.2) is 24.4 Å². The monoisotopic (exact) mass is 177 g/mol. The second-order valence-electron chi connectivity index (χ2n) is 3.55. The summed E-state index contributed by atoms with van der Waals surface area (Å²) in [5.74, 6) is 0. The minimum atomic E-state index is -0.139. The molecule has 0 radical (unpaired) electrons. The third kappa shape index (κ3) is 1.71. The van der Waals surface area contributed by atoms with Gasteiger partial charge in [0.15, 0.2) is 0 Å². The lowest BCUT2D eigenvalue weighted by atomic mass is 10.1. The summed E-state index contributed by atoms with van der Waals surface area (Å²) in [6.07, 6.45) is 3.01. The second-order valence-corrected chi connectivity index (χ2v) is 3.55. The molecule has 0 bridgehead atoms. The van der Waals surface area contributed by atoms with E-state index in [1.54, 1.807) is 0 Å². The first-order valence-electron chi connectivity index (χ1n) is 4.73. The van der Waals surface area contributed by atoms with Gasteiger partial charge in [-0.1, -0.05) is 6.07 Å². The summed E-state index contributed by atoms with van der Waals surface area (Å²) in [5.41, 5.74) is 0.925. The minimum absolute atomic E-state index is 0.139. The topological polar surface area (TPSA) is 37.0 Å². The van der Waals surface area contributed by atoms with Crippen molar-refractivity contribution in [1.82, 2.24) is 15.6 Å². The molecular weight excluding hydrogens is 162 g/mol. The van der Waals surface area contributed by atoms with Crippen molar-refractivity contribution in [3.05, 3.63) is 30.1 Å². The van der Waals surface area contributed by atoms with E-state index in [4.69, 9.17) is 0 Å².